The molecule has 3 aromatic heterocycles. The predicted molar refractivity (Wildman–Crippen MR) is 144 cm³/mol. The summed E-state index contributed by atoms with van der Waals surface area (Å²) >= 11 is 0. The number of benzene rings is 1. The highest BCUT2D eigenvalue weighted by Gasteiger charge is 2.50. The number of aryl methyl sites for hydroxylation is 2. The van der Waals surface area contributed by atoms with Gasteiger partial charge in [-0.25, -0.2) is 17.5 Å². The summed E-state index contributed by atoms with van der Waals surface area (Å²) in [4.78, 5) is 18.9. The molecule has 0 N–H and O–H groups in total. The largest absolute Gasteiger partial charge is 0.291 e. The highest BCUT2D eigenvalue weighted by Crippen LogP contribution is 2.52. The Balaban J connectivity index is 1.40. The minimum Gasteiger partial charge on any atom is -0.291 e. The number of rotatable bonds is 6. The van der Waals surface area contributed by atoms with Crippen LogP contribution in [0.4, 0.5) is 4.39 Å². The van der Waals surface area contributed by atoms with Crippen molar-refractivity contribution in [3.8, 4) is 5.69 Å². The molecular weight excluding hydrogens is 517 g/mol. The Bertz CT molecular complexity index is 1720. The van der Waals surface area contributed by atoms with Crippen LogP contribution >= 0.6 is 0 Å². The predicted octanol–water partition coefficient (Wildman–Crippen LogP) is 4.53. The molecular formula is C29H28FN5O3S. The quantitative estimate of drug-likeness (QED) is 0.330. The van der Waals surface area contributed by atoms with Crippen LogP contribution in [0.5, 0.6) is 0 Å². The Morgan fingerprint density at radius 1 is 1.15 bits per heavy atom. The van der Waals surface area contributed by atoms with Crippen molar-refractivity contribution in [1.29, 1.82) is 0 Å². The third kappa shape index (κ3) is 4.52. The zero-order valence-corrected chi connectivity index (χ0v) is 22.5. The number of fused-ring (bicyclic) bond motifs is 2. The first kappa shape index (κ1) is 25.4. The maximum Gasteiger partial charge on any atom is 0.191 e. The van der Waals surface area contributed by atoms with E-state index in [2.05, 4.69) is 15.2 Å². The summed E-state index contributed by atoms with van der Waals surface area (Å²) in [5.41, 5.74) is 3.83. The molecule has 3 heterocycles. The smallest absolute Gasteiger partial charge is 0.191 e. The van der Waals surface area contributed by atoms with E-state index in [1.54, 1.807) is 42.3 Å². The van der Waals surface area contributed by atoms with Crippen LogP contribution in [0.15, 0.2) is 71.7 Å². The third-order valence-electron chi connectivity index (χ3n) is 7.91. The first-order chi connectivity index (χ1) is 18.6. The highest BCUT2D eigenvalue weighted by molar-refractivity contribution is 7.91. The summed E-state index contributed by atoms with van der Waals surface area (Å²) in [6.45, 7) is 1.92. The van der Waals surface area contributed by atoms with E-state index < -0.39 is 15.3 Å². The zero-order chi connectivity index (χ0) is 27.4. The number of aromatic nitrogens is 5. The van der Waals surface area contributed by atoms with Gasteiger partial charge in [-0.2, -0.15) is 10.2 Å². The van der Waals surface area contributed by atoms with Gasteiger partial charge in [-0.15, -0.1) is 0 Å². The van der Waals surface area contributed by atoms with E-state index in [-0.39, 0.29) is 28.2 Å². The van der Waals surface area contributed by atoms with E-state index in [0.29, 0.717) is 31.4 Å². The van der Waals surface area contributed by atoms with Gasteiger partial charge < -0.3 is 0 Å². The van der Waals surface area contributed by atoms with E-state index in [0.717, 1.165) is 28.1 Å². The van der Waals surface area contributed by atoms with Crippen molar-refractivity contribution in [2.24, 2.45) is 18.4 Å². The fourth-order valence-corrected chi connectivity index (χ4v) is 7.63. The average molecular weight is 546 g/mol. The molecule has 1 saturated carbocycles. The second-order valence-electron chi connectivity index (χ2n) is 10.7. The molecule has 2 atom stereocenters. The fourth-order valence-electron chi connectivity index (χ4n) is 6.01. The molecule has 8 nitrogen and oxygen atoms in total. The van der Waals surface area contributed by atoms with Gasteiger partial charge in [-0.3, -0.25) is 14.5 Å². The van der Waals surface area contributed by atoms with Gasteiger partial charge in [0, 0.05) is 19.4 Å². The monoisotopic (exact) mass is 545 g/mol. The Kier molecular flexibility index (Phi) is 6.10. The number of pyridine rings is 1. The molecule has 1 fully saturated rings. The number of carbonyl (C=O) groups excluding carboxylic acids is 1. The van der Waals surface area contributed by atoms with Crippen LogP contribution in [-0.4, -0.2) is 44.5 Å². The van der Waals surface area contributed by atoms with Crippen molar-refractivity contribution in [3.63, 3.8) is 0 Å². The Morgan fingerprint density at radius 3 is 2.67 bits per heavy atom. The van der Waals surface area contributed by atoms with Crippen molar-refractivity contribution in [2.45, 2.75) is 37.5 Å². The molecule has 6 rings (SSSR count). The minimum atomic E-state index is -3.57. The van der Waals surface area contributed by atoms with Crippen LogP contribution in [0.3, 0.4) is 0 Å². The molecule has 4 aromatic rings. The molecule has 0 amide bonds. The molecule has 2 aliphatic carbocycles. The van der Waals surface area contributed by atoms with Crippen molar-refractivity contribution in [1.82, 2.24) is 24.5 Å². The maximum absolute atomic E-state index is 14.3. The lowest BCUT2D eigenvalue weighted by atomic mass is 9.59. The van der Waals surface area contributed by atoms with E-state index in [1.807, 2.05) is 19.1 Å². The van der Waals surface area contributed by atoms with Gasteiger partial charge >= 0.3 is 0 Å². The lowest BCUT2D eigenvalue weighted by Crippen LogP contribution is -2.43. The number of Topliss-reactive ketones (excluding diaryl/α,β-unsaturated/α-hetero) is 1. The van der Waals surface area contributed by atoms with E-state index in [1.165, 1.54) is 29.2 Å². The summed E-state index contributed by atoms with van der Waals surface area (Å²) in [6.07, 6.45) is 10.3. The number of hydrogen-bond donors (Lipinski definition) is 0. The molecule has 2 aliphatic rings. The normalized spacial score (nSPS) is 20.7. The second kappa shape index (κ2) is 9.37. The average Bonchev–Trinajstić information content (AvgIpc) is 3.53. The SMILES string of the molecule is Cc1ccnc(C(=O)[C@]23Cc4cnn(-c5ccc(F)cc5)c4C=C2CC[C@@H](CS(=O)(=O)c2cnn(C)c2)C3)c1. The third-order valence-corrected chi connectivity index (χ3v) is 9.75. The highest BCUT2D eigenvalue weighted by atomic mass is 32.2. The number of carbonyl (C=O) groups is 1. The number of ketones is 1. The first-order valence-electron chi connectivity index (χ1n) is 12.9. The van der Waals surface area contributed by atoms with Gasteiger partial charge in [0.1, 0.15) is 16.4 Å². The van der Waals surface area contributed by atoms with Crippen LogP contribution in [0, 0.1) is 24.1 Å². The molecule has 0 unspecified atom stereocenters. The first-order valence-corrected chi connectivity index (χ1v) is 14.5. The number of allylic oxidation sites excluding steroid dienone is 1. The Hall–Kier alpha value is -3.92. The lowest BCUT2D eigenvalue weighted by Gasteiger charge is -2.44. The van der Waals surface area contributed by atoms with E-state index in [4.69, 9.17) is 0 Å². The van der Waals surface area contributed by atoms with E-state index in [9.17, 15) is 17.6 Å². The van der Waals surface area contributed by atoms with Crippen molar-refractivity contribution < 1.29 is 17.6 Å². The summed E-state index contributed by atoms with van der Waals surface area (Å²) in [6, 6.07) is 9.77. The Morgan fingerprint density at radius 2 is 1.95 bits per heavy atom. The fraction of sp³-hybridized carbons (Fsp3) is 0.310. The van der Waals surface area contributed by atoms with Crippen molar-refractivity contribution in [3.05, 3.63) is 95.1 Å². The van der Waals surface area contributed by atoms with Crippen molar-refractivity contribution >= 4 is 21.7 Å². The summed E-state index contributed by atoms with van der Waals surface area (Å²) in [5, 5.41) is 8.60. The van der Waals surface area contributed by atoms with Gasteiger partial charge in [0.05, 0.1) is 34.9 Å². The lowest BCUT2D eigenvalue weighted by molar-refractivity contribution is 0.0763. The number of sulfone groups is 1. The van der Waals surface area contributed by atoms with Gasteiger partial charge in [0.25, 0.3) is 0 Å². The van der Waals surface area contributed by atoms with Crippen LogP contribution in [-0.2, 0) is 23.3 Å². The van der Waals surface area contributed by atoms with Crippen LogP contribution in [0.1, 0.15) is 46.6 Å². The summed E-state index contributed by atoms with van der Waals surface area (Å²) < 4.78 is 43.3. The zero-order valence-electron chi connectivity index (χ0n) is 21.7. The number of nitrogens with zero attached hydrogens (tertiary/aromatic N) is 5. The molecule has 0 radical (unpaired) electrons. The van der Waals surface area contributed by atoms with Crippen LogP contribution < -0.4 is 0 Å². The molecule has 0 saturated heterocycles. The number of halogens is 1. The summed E-state index contributed by atoms with van der Waals surface area (Å²) in [7, 11) is -1.89. The molecule has 39 heavy (non-hydrogen) atoms. The number of hydrogen-bond acceptors (Lipinski definition) is 6. The molecule has 0 bridgehead atoms. The van der Waals surface area contributed by atoms with Gasteiger partial charge in [0.15, 0.2) is 15.6 Å². The molecule has 0 aliphatic heterocycles. The van der Waals surface area contributed by atoms with E-state index >= 15 is 0 Å². The molecule has 10 heteroatoms. The standard InChI is InChI=1S/C29H28FN5O3S/c1-19-9-10-31-26(11-19)28(36)29-13-20(18-39(37,38)25-16-32-34(2)17-25)3-4-22(29)12-27-21(14-29)15-33-35(27)24-7-5-23(30)6-8-24/h5-12,15-17,20H,3-4,13-14,18H2,1-2H3/t20-,29-/m1/s1. The second-order valence-corrected chi connectivity index (χ2v) is 12.7. The minimum absolute atomic E-state index is 0.0516. The maximum atomic E-state index is 14.3. The van der Waals surface area contributed by atoms with Crippen LogP contribution in [0.2, 0.25) is 0 Å². The molecule has 200 valence electrons. The topological polar surface area (TPSA) is 99.7 Å². The van der Waals surface area contributed by atoms with Gasteiger partial charge in [0.2, 0.25) is 0 Å². The summed E-state index contributed by atoms with van der Waals surface area (Å²) in [5.74, 6) is -0.687. The van der Waals surface area contributed by atoms with Gasteiger partial charge in [-0.05, 0) is 92.1 Å². The van der Waals surface area contributed by atoms with Crippen molar-refractivity contribution in [2.75, 3.05) is 5.75 Å². The Labute approximate surface area is 226 Å². The van der Waals surface area contributed by atoms with Gasteiger partial charge in [-0.1, -0.05) is 5.57 Å². The molecule has 0 spiro atoms. The molecule has 1 aromatic carbocycles. The van der Waals surface area contributed by atoms with Crippen LogP contribution in [0.25, 0.3) is 11.8 Å².